The Hall–Kier alpha value is -2.67. The molecule has 7 heteroatoms. The van der Waals surface area contributed by atoms with Crippen LogP contribution in [0.5, 0.6) is 0 Å². The second kappa shape index (κ2) is 9.82. The van der Waals surface area contributed by atoms with Crippen molar-refractivity contribution in [2.45, 2.75) is 102 Å². The molecule has 2 bridgehead atoms. The zero-order valence-corrected chi connectivity index (χ0v) is 22.8. The zero-order valence-electron chi connectivity index (χ0n) is 22.8. The van der Waals surface area contributed by atoms with E-state index in [0.29, 0.717) is 17.5 Å². The van der Waals surface area contributed by atoms with Crippen molar-refractivity contribution < 1.29 is 19.1 Å². The Balaban J connectivity index is 1.32. The smallest absolute Gasteiger partial charge is 0.246 e. The summed E-state index contributed by atoms with van der Waals surface area (Å²) in [6, 6.07) is 7.02. The van der Waals surface area contributed by atoms with Gasteiger partial charge in [0.1, 0.15) is 11.6 Å². The van der Waals surface area contributed by atoms with Crippen LogP contribution >= 0.6 is 0 Å². The molecule has 3 amide bonds. The zero-order chi connectivity index (χ0) is 26.6. The van der Waals surface area contributed by atoms with Crippen molar-refractivity contribution in [3.8, 4) is 0 Å². The number of nitrogens with one attached hydrogen (secondary N) is 2. The summed E-state index contributed by atoms with van der Waals surface area (Å²) < 4.78 is 6.55. The number of rotatable bonds is 5. The highest BCUT2D eigenvalue weighted by atomic mass is 16.5. The Morgan fingerprint density at radius 2 is 1.82 bits per heavy atom. The number of amides is 3. The minimum Gasteiger partial charge on any atom is -0.359 e. The van der Waals surface area contributed by atoms with Crippen LogP contribution in [0.15, 0.2) is 36.4 Å². The second-order valence-corrected chi connectivity index (χ2v) is 12.5. The van der Waals surface area contributed by atoms with Crippen LogP contribution in [0.25, 0.3) is 0 Å². The van der Waals surface area contributed by atoms with Crippen molar-refractivity contribution >= 4 is 23.4 Å². The lowest BCUT2D eigenvalue weighted by atomic mass is 9.73. The maximum atomic E-state index is 14.3. The monoisotopic (exact) mass is 519 g/mol. The van der Waals surface area contributed by atoms with Gasteiger partial charge in [0, 0.05) is 17.8 Å². The quantitative estimate of drug-likeness (QED) is 0.566. The third kappa shape index (κ3) is 4.09. The van der Waals surface area contributed by atoms with E-state index in [4.69, 9.17) is 4.74 Å². The first-order valence-electron chi connectivity index (χ1n) is 14.7. The largest absolute Gasteiger partial charge is 0.359 e. The van der Waals surface area contributed by atoms with Gasteiger partial charge in [-0.1, -0.05) is 70.2 Å². The number of hydrogen-bond acceptors (Lipinski definition) is 4. The van der Waals surface area contributed by atoms with Gasteiger partial charge >= 0.3 is 0 Å². The molecule has 204 valence electrons. The number of anilines is 1. The molecule has 4 fully saturated rings. The van der Waals surface area contributed by atoms with Crippen molar-refractivity contribution in [3.05, 3.63) is 42.0 Å². The number of carbonyl (C=O) groups excluding carboxylic acids is 3. The molecule has 5 aliphatic rings. The van der Waals surface area contributed by atoms with E-state index >= 15 is 0 Å². The predicted octanol–water partition coefficient (Wildman–Crippen LogP) is 4.36. The Bertz CT molecular complexity index is 1140. The first-order valence-corrected chi connectivity index (χ1v) is 14.7. The number of hydrogen-bond donors (Lipinski definition) is 2. The molecular weight excluding hydrogens is 478 g/mol. The number of benzene rings is 1. The molecule has 6 rings (SSSR count). The summed E-state index contributed by atoms with van der Waals surface area (Å²) in [4.78, 5) is 43.9. The molecule has 2 N–H and O–H groups in total. The summed E-state index contributed by atoms with van der Waals surface area (Å²) in [6.45, 7) is 6.46. The summed E-state index contributed by atoms with van der Waals surface area (Å²) in [7, 11) is 0. The number of fused-ring (bicyclic) bond motifs is 1. The molecule has 3 aliphatic heterocycles. The minimum atomic E-state index is -1.10. The predicted molar refractivity (Wildman–Crippen MR) is 145 cm³/mol. The normalized spacial score (nSPS) is 38.3. The van der Waals surface area contributed by atoms with Gasteiger partial charge in [0.05, 0.1) is 17.9 Å². The topological polar surface area (TPSA) is 87.7 Å². The van der Waals surface area contributed by atoms with E-state index in [9.17, 15) is 14.4 Å². The fraction of sp³-hybridized carbons (Fsp3) is 0.645. The fourth-order valence-corrected chi connectivity index (χ4v) is 7.95. The van der Waals surface area contributed by atoms with E-state index in [0.717, 1.165) is 50.5 Å². The molecule has 2 aliphatic carbocycles. The van der Waals surface area contributed by atoms with E-state index in [1.54, 1.807) is 0 Å². The first kappa shape index (κ1) is 25.6. The van der Waals surface area contributed by atoms with E-state index in [1.807, 2.05) is 48.2 Å². The molecule has 0 radical (unpaired) electrons. The van der Waals surface area contributed by atoms with Crippen LogP contribution in [0.2, 0.25) is 0 Å². The lowest BCUT2D eigenvalue weighted by Crippen LogP contribution is -2.59. The van der Waals surface area contributed by atoms with Gasteiger partial charge in [-0.05, 0) is 55.7 Å². The number of carbonyl (C=O) groups is 3. The summed E-state index contributed by atoms with van der Waals surface area (Å²) in [5.41, 5.74) is 0.661. The van der Waals surface area contributed by atoms with Crippen molar-refractivity contribution in [3.63, 3.8) is 0 Å². The lowest BCUT2D eigenvalue weighted by Gasteiger charge is -2.40. The maximum Gasteiger partial charge on any atom is 0.246 e. The lowest BCUT2D eigenvalue weighted by molar-refractivity contribution is -0.145. The molecule has 38 heavy (non-hydrogen) atoms. The van der Waals surface area contributed by atoms with Crippen LogP contribution in [0.3, 0.4) is 0 Å². The Morgan fingerprint density at radius 1 is 1.03 bits per heavy atom. The van der Waals surface area contributed by atoms with E-state index < -0.39 is 29.6 Å². The maximum absolute atomic E-state index is 14.3. The molecule has 7 nitrogen and oxygen atoms in total. The minimum absolute atomic E-state index is 0.00575. The third-order valence-electron chi connectivity index (χ3n) is 10.2. The second-order valence-electron chi connectivity index (χ2n) is 12.5. The van der Waals surface area contributed by atoms with Crippen LogP contribution in [-0.4, -0.2) is 52.5 Å². The van der Waals surface area contributed by atoms with Crippen LogP contribution in [0.1, 0.15) is 70.8 Å². The van der Waals surface area contributed by atoms with Crippen LogP contribution < -0.4 is 10.6 Å². The molecule has 0 aromatic heterocycles. The van der Waals surface area contributed by atoms with E-state index in [2.05, 4.69) is 24.5 Å². The summed E-state index contributed by atoms with van der Waals surface area (Å²) >= 11 is 0. The van der Waals surface area contributed by atoms with Gasteiger partial charge < -0.3 is 20.3 Å². The molecule has 1 spiro atoms. The average molecular weight is 520 g/mol. The summed E-state index contributed by atoms with van der Waals surface area (Å²) in [5.74, 6) is -0.864. The molecule has 2 saturated carbocycles. The van der Waals surface area contributed by atoms with Crippen molar-refractivity contribution in [2.75, 3.05) is 5.32 Å². The Labute approximate surface area is 225 Å². The highest BCUT2D eigenvalue weighted by Gasteiger charge is 2.73. The van der Waals surface area contributed by atoms with Crippen LogP contribution in [0.4, 0.5) is 5.69 Å². The van der Waals surface area contributed by atoms with Gasteiger partial charge in [-0.3, -0.25) is 14.4 Å². The molecular formula is C31H41N3O4. The average Bonchev–Trinajstić information content (AvgIpc) is 3.54. The molecule has 1 aromatic rings. The third-order valence-corrected chi connectivity index (χ3v) is 10.2. The van der Waals surface area contributed by atoms with Crippen LogP contribution in [0, 0.1) is 30.6 Å². The standard InChI is InChI=1S/C31H41N3O4/c1-18-9-7-11-21(17-18)32-28(35)25-24-15-16-31(38-24)26(25)30(37)34(22-12-5-4-6-13-22)27(31)29(36)33-23-14-8-10-19(2)20(23)3/h7,9,11,15-17,19-20,22-27H,4-6,8,10,12-14H2,1-3H3,(H,32,35)(H,33,36)/t19-,20-,23-,24-,25+,26-,27-,31-/m1/s1. The number of ether oxygens (including phenoxy) is 1. The number of likely N-dealkylation sites (tertiary alicyclic amines) is 1. The van der Waals surface area contributed by atoms with Crippen molar-refractivity contribution in [1.82, 2.24) is 10.2 Å². The molecule has 8 atom stereocenters. The molecule has 2 saturated heterocycles. The van der Waals surface area contributed by atoms with E-state index in [-0.39, 0.29) is 29.8 Å². The van der Waals surface area contributed by atoms with Gasteiger partial charge in [0.25, 0.3) is 0 Å². The van der Waals surface area contributed by atoms with Gasteiger partial charge in [-0.15, -0.1) is 0 Å². The van der Waals surface area contributed by atoms with Gasteiger partial charge in [-0.25, -0.2) is 0 Å². The highest BCUT2D eigenvalue weighted by molar-refractivity contribution is 6.03. The number of aryl methyl sites for hydroxylation is 1. The van der Waals surface area contributed by atoms with Gasteiger partial charge in [0.15, 0.2) is 0 Å². The Morgan fingerprint density at radius 3 is 2.58 bits per heavy atom. The van der Waals surface area contributed by atoms with Gasteiger partial charge in [0.2, 0.25) is 17.7 Å². The fourth-order valence-electron chi connectivity index (χ4n) is 7.95. The van der Waals surface area contributed by atoms with E-state index in [1.165, 1.54) is 6.42 Å². The molecule has 3 heterocycles. The van der Waals surface area contributed by atoms with Crippen molar-refractivity contribution in [2.24, 2.45) is 23.7 Å². The number of nitrogens with zero attached hydrogens (tertiary/aromatic N) is 1. The van der Waals surface area contributed by atoms with Crippen LogP contribution in [-0.2, 0) is 19.1 Å². The Kier molecular flexibility index (Phi) is 6.61. The van der Waals surface area contributed by atoms with Gasteiger partial charge in [-0.2, -0.15) is 0 Å². The van der Waals surface area contributed by atoms with Crippen molar-refractivity contribution in [1.29, 1.82) is 0 Å². The summed E-state index contributed by atoms with van der Waals surface area (Å²) in [5, 5.41) is 6.39. The molecule has 1 aromatic carbocycles. The molecule has 0 unspecified atom stereocenters. The highest BCUT2D eigenvalue weighted by Crippen LogP contribution is 2.56. The summed E-state index contributed by atoms with van der Waals surface area (Å²) in [6.07, 6.45) is 11.6. The SMILES string of the molecule is Cc1cccc(NC(=O)[C@H]2[C@H]3C=C[C@@]4(O3)[C@H]2C(=O)N(C2CCCCC2)[C@@H]4C(=O)N[C@@H]2CCC[C@@H](C)[C@H]2C)c1. The first-order chi connectivity index (χ1) is 18.3.